The number of carbonyl (C=O) groups excluding carboxylic acids is 4. The van der Waals surface area contributed by atoms with Crippen LogP contribution in [-0.2, 0) is 53.4 Å². The highest BCUT2D eigenvalue weighted by atomic mass is 32.8. The number of carboxylic acids is 1. The minimum Gasteiger partial charge on any atom is -0.481 e. The van der Waals surface area contributed by atoms with Crippen LogP contribution in [0.4, 0.5) is 0 Å². The summed E-state index contributed by atoms with van der Waals surface area (Å²) in [4.78, 5) is 60.7. The third kappa shape index (κ3) is 22.0. The molecular formula is C31H42N2O10S2. The van der Waals surface area contributed by atoms with Gasteiger partial charge in [-0.3, -0.25) is 24.4 Å². The second-order valence-corrected chi connectivity index (χ2v) is 11.3. The molecule has 1 N–H and O–H groups in total. The van der Waals surface area contributed by atoms with Gasteiger partial charge < -0.3 is 18.8 Å². The molecule has 0 spiro atoms. The van der Waals surface area contributed by atoms with E-state index in [2.05, 4.69) is 14.7 Å². The van der Waals surface area contributed by atoms with Crippen LogP contribution in [0.3, 0.4) is 0 Å². The number of carboxylic acid groups (broad SMARTS) is 1. The van der Waals surface area contributed by atoms with Gasteiger partial charge in [-0.1, -0.05) is 43.3 Å². The summed E-state index contributed by atoms with van der Waals surface area (Å²) in [7, 11) is 0.0688. The van der Waals surface area contributed by atoms with Crippen molar-refractivity contribution in [2.45, 2.75) is 58.8 Å². The molecule has 2 aromatic carbocycles. The zero-order chi connectivity index (χ0) is 34.8. The number of aliphatic carboxylic acids is 1. The van der Waals surface area contributed by atoms with Gasteiger partial charge in [0.25, 0.3) is 5.97 Å². The van der Waals surface area contributed by atoms with Crippen molar-refractivity contribution in [1.82, 2.24) is 0 Å². The van der Waals surface area contributed by atoms with E-state index in [1.807, 2.05) is 24.3 Å². The first-order chi connectivity index (χ1) is 21.2. The van der Waals surface area contributed by atoms with Gasteiger partial charge in [0.15, 0.2) is 0 Å². The van der Waals surface area contributed by atoms with E-state index in [4.69, 9.17) is 30.0 Å². The Morgan fingerprint density at radius 2 is 1.16 bits per heavy atom. The topological polar surface area (TPSA) is 175 Å². The van der Waals surface area contributed by atoms with Crippen molar-refractivity contribution in [2.75, 3.05) is 27.3 Å². The largest absolute Gasteiger partial charge is 0.481 e. The number of benzene rings is 2. The summed E-state index contributed by atoms with van der Waals surface area (Å²) < 4.78 is 26.9. The van der Waals surface area contributed by atoms with Crippen LogP contribution in [0.5, 0.6) is 5.75 Å². The molecule has 0 aliphatic heterocycles. The molecule has 0 aliphatic rings. The van der Waals surface area contributed by atoms with Crippen molar-refractivity contribution in [3.63, 3.8) is 0 Å². The summed E-state index contributed by atoms with van der Waals surface area (Å²) >= 11 is 5.00. The van der Waals surface area contributed by atoms with E-state index in [-0.39, 0.29) is 35.8 Å². The Morgan fingerprint density at radius 1 is 0.756 bits per heavy atom. The van der Waals surface area contributed by atoms with Gasteiger partial charge in [0.1, 0.15) is 28.7 Å². The number of carbonyl (C=O) groups is 5. The maximum Gasteiger partial charge on any atom is 0.352 e. The molecule has 0 radical (unpaired) electrons. The molecule has 0 heterocycles. The standard InChI is InChI=1S/C12H10O2S2.C9H15NO3.C8H13NO3.C2H4O2/c13-16(15,12-9-5-2-6-10-12)14-11-7-3-1-4-8-11;1-4-7(11)6-8(10-3)9(12)13-5-2;1-4-12-8(11)7(9-3)5-6(2)10;1-2(3)4/h1-10H;4-6H2,1-3H3;4-5H2,1-3H3;1H3,(H,3,4). The van der Waals surface area contributed by atoms with E-state index >= 15 is 0 Å². The molecule has 0 aromatic heterocycles. The van der Waals surface area contributed by atoms with Crippen molar-refractivity contribution in [3.8, 4) is 5.75 Å². The quantitative estimate of drug-likeness (QED) is 0.250. The molecule has 2 rings (SSSR count). The number of nitrogens with zero attached hydrogens (tertiary/aromatic N) is 2. The fourth-order valence-electron chi connectivity index (χ4n) is 2.70. The van der Waals surface area contributed by atoms with E-state index in [1.165, 1.54) is 21.0 Å². The van der Waals surface area contributed by atoms with Gasteiger partial charge in [-0.15, -0.1) is 0 Å². The molecule has 45 heavy (non-hydrogen) atoms. The maximum atomic E-state index is 12.1. The van der Waals surface area contributed by atoms with Gasteiger partial charge in [0.2, 0.25) is 8.77 Å². The molecule has 0 saturated heterocycles. The average molecular weight is 667 g/mol. The fraction of sp³-hybridized carbons (Fsp3) is 0.387. The minimum atomic E-state index is -2.88. The highest BCUT2D eigenvalue weighted by Gasteiger charge is 2.15. The molecule has 0 bridgehead atoms. The van der Waals surface area contributed by atoms with Gasteiger partial charge in [0.05, 0.1) is 31.0 Å². The van der Waals surface area contributed by atoms with E-state index in [0.29, 0.717) is 30.3 Å². The van der Waals surface area contributed by atoms with E-state index in [1.54, 1.807) is 57.2 Å². The van der Waals surface area contributed by atoms with Crippen LogP contribution in [-0.4, -0.2) is 77.5 Å². The van der Waals surface area contributed by atoms with Crippen LogP contribution in [0.25, 0.3) is 0 Å². The van der Waals surface area contributed by atoms with Crippen LogP contribution in [0, 0.1) is 0 Å². The highest BCUT2D eigenvalue weighted by molar-refractivity contribution is 8.30. The number of esters is 2. The summed E-state index contributed by atoms with van der Waals surface area (Å²) in [6.45, 7) is 8.27. The Hall–Kier alpha value is -4.30. The number of ketones is 2. The van der Waals surface area contributed by atoms with Crippen LogP contribution in [0.15, 0.2) is 75.5 Å². The summed E-state index contributed by atoms with van der Waals surface area (Å²) in [6, 6.07) is 17.8. The molecule has 12 nitrogen and oxygen atoms in total. The van der Waals surface area contributed by atoms with Gasteiger partial charge in [-0.25, -0.2) is 13.8 Å². The number of hydrogen-bond acceptors (Lipinski definition) is 12. The number of rotatable bonds is 12. The summed E-state index contributed by atoms with van der Waals surface area (Å²) in [5.41, 5.74) is 0.387. The average Bonchev–Trinajstić information content (AvgIpc) is 2.99. The number of ether oxygens (including phenoxy) is 2. The van der Waals surface area contributed by atoms with E-state index < -0.39 is 26.7 Å². The maximum absolute atomic E-state index is 12.1. The molecular weight excluding hydrogens is 624 g/mol. The number of para-hydroxylation sites is 1. The van der Waals surface area contributed by atoms with Crippen molar-refractivity contribution in [1.29, 1.82) is 0 Å². The normalized spacial score (nSPS) is 11.7. The first-order valence-corrected chi connectivity index (χ1v) is 16.1. The molecule has 1 atom stereocenters. The van der Waals surface area contributed by atoms with Gasteiger partial charge in [-0.2, -0.15) is 0 Å². The minimum absolute atomic E-state index is 0.00588. The predicted molar refractivity (Wildman–Crippen MR) is 176 cm³/mol. The van der Waals surface area contributed by atoms with Gasteiger partial charge >= 0.3 is 11.9 Å². The third-order valence-electron chi connectivity index (χ3n) is 4.72. The Balaban J connectivity index is 0. The van der Waals surface area contributed by atoms with Crippen molar-refractivity contribution < 1.29 is 46.9 Å². The van der Waals surface area contributed by atoms with Crippen molar-refractivity contribution in [2.24, 2.45) is 9.98 Å². The van der Waals surface area contributed by atoms with E-state index in [0.717, 1.165) is 6.92 Å². The summed E-state index contributed by atoms with van der Waals surface area (Å²) in [5, 5.41) is 7.42. The molecule has 0 amide bonds. The zero-order valence-electron chi connectivity index (χ0n) is 26.6. The molecule has 0 aliphatic carbocycles. The number of Topliss-reactive ketones (excluding diaryl/α,β-unsaturated/α-hetero) is 2. The monoisotopic (exact) mass is 666 g/mol. The SMILES string of the molecule is CC(=O)O.CCOC(=O)C(CC(=O)CC)=NC.CCOC(=O)C(CC(C)=O)=NC.O=S(=S)(Oc1ccccc1)c1ccccc1. The number of hydrogen-bond donors (Lipinski definition) is 1. The molecule has 0 fully saturated rings. The Labute approximate surface area is 269 Å². The number of aliphatic imine (C=N–C) groups is 2. The Morgan fingerprint density at radius 3 is 1.51 bits per heavy atom. The summed E-state index contributed by atoms with van der Waals surface area (Å²) in [5.74, 6) is -1.41. The smallest absolute Gasteiger partial charge is 0.352 e. The van der Waals surface area contributed by atoms with Crippen LogP contribution >= 0.6 is 0 Å². The highest BCUT2D eigenvalue weighted by Crippen LogP contribution is 2.17. The summed E-state index contributed by atoms with van der Waals surface area (Å²) in [6.07, 6.45) is 0.541. The zero-order valence-corrected chi connectivity index (χ0v) is 28.3. The van der Waals surface area contributed by atoms with Gasteiger partial charge in [-0.05, 0) is 45.0 Å². The lowest BCUT2D eigenvalue weighted by Gasteiger charge is -2.09. The predicted octanol–water partition coefficient (Wildman–Crippen LogP) is 4.47. The van der Waals surface area contributed by atoms with Crippen molar-refractivity contribution >= 4 is 60.9 Å². The second-order valence-electron chi connectivity index (χ2n) is 8.41. The van der Waals surface area contributed by atoms with Crippen LogP contribution in [0.1, 0.15) is 53.9 Å². The first-order valence-electron chi connectivity index (χ1n) is 13.7. The van der Waals surface area contributed by atoms with Crippen LogP contribution < -0.4 is 4.18 Å². The third-order valence-corrected chi connectivity index (χ3v) is 6.76. The van der Waals surface area contributed by atoms with E-state index in [9.17, 15) is 23.4 Å². The molecule has 248 valence electrons. The van der Waals surface area contributed by atoms with Crippen LogP contribution in [0.2, 0.25) is 0 Å². The second kappa shape index (κ2) is 25.1. The first kappa shape index (κ1) is 42.8. The Bertz CT molecular complexity index is 1370. The lowest BCUT2D eigenvalue weighted by molar-refractivity contribution is -0.136. The molecule has 14 heteroatoms. The van der Waals surface area contributed by atoms with Crippen molar-refractivity contribution in [3.05, 3.63) is 60.7 Å². The molecule has 0 saturated carbocycles. The Kier molecular flexibility index (Phi) is 23.9. The van der Waals surface area contributed by atoms with Gasteiger partial charge in [0, 0.05) is 38.6 Å². The lowest BCUT2D eigenvalue weighted by Crippen LogP contribution is -2.20. The molecule has 2 aromatic rings. The fourth-order valence-corrected chi connectivity index (χ4v) is 4.22. The lowest BCUT2D eigenvalue weighted by atomic mass is 10.1. The molecule has 1 unspecified atom stereocenters.